The molecule has 0 aromatic rings. The van der Waals surface area contributed by atoms with Gasteiger partial charge in [0.1, 0.15) is 0 Å². The third-order valence-electron chi connectivity index (χ3n) is 2.52. The predicted molar refractivity (Wildman–Crippen MR) is 66.9 cm³/mol. The molecule has 3 N–H and O–H groups in total. The average Bonchev–Trinajstić information content (AvgIpc) is 2.27. The van der Waals surface area contributed by atoms with Crippen molar-refractivity contribution in [2.24, 2.45) is 11.8 Å². The lowest BCUT2D eigenvalue weighted by molar-refractivity contribution is -0.131. The first-order chi connectivity index (χ1) is 7.92. The Morgan fingerprint density at radius 3 is 2.35 bits per heavy atom. The molecule has 6 nitrogen and oxygen atoms in total. The molecule has 0 bridgehead atoms. The van der Waals surface area contributed by atoms with Crippen LogP contribution >= 0.6 is 0 Å². The summed E-state index contributed by atoms with van der Waals surface area (Å²) in [6, 6.07) is 0. The molecule has 6 heteroatoms. The lowest BCUT2D eigenvalue weighted by Gasteiger charge is -2.25. The number of carbonyl (C=O) groups is 2. The van der Waals surface area contributed by atoms with Gasteiger partial charge in [0, 0.05) is 26.6 Å². The smallest absolute Gasteiger partial charge is 0.237 e. The van der Waals surface area contributed by atoms with Gasteiger partial charge in [-0.05, 0) is 13.0 Å². The molecule has 0 radical (unpaired) electrons. The van der Waals surface area contributed by atoms with Gasteiger partial charge in [-0.1, -0.05) is 13.8 Å². The highest BCUT2D eigenvalue weighted by Gasteiger charge is 2.18. The van der Waals surface area contributed by atoms with Crippen molar-refractivity contribution in [3.63, 3.8) is 0 Å². The third kappa shape index (κ3) is 6.23. The van der Waals surface area contributed by atoms with Crippen LogP contribution in [0.15, 0.2) is 0 Å². The Balaban J connectivity index is 4.32. The predicted octanol–water partition coefficient (Wildman–Crippen LogP) is -0.587. The molecule has 17 heavy (non-hydrogen) atoms. The summed E-state index contributed by atoms with van der Waals surface area (Å²) in [5.74, 6) is 4.69. The maximum atomic E-state index is 11.6. The Morgan fingerprint density at radius 2 is 1.94 bits per heavy atom. The molecule has 1 atom stereocenters. The van der Waals surface area contributed by atoms with E-state index >= 15 is 0 Å². The van der Waals surface area contributed by atoms with E-state index in [9.17, 15) is 9.59 Å². The van der Waals surface area contributed by atoms with E-state index in [1.807, 2.05) is 11.8 Å². The Labute approximate surface area is 103 Å². The number of likely N-dealkylation sites (N-methyl/N-ethyl adjacent to an activating group) is 1. The van der Waals surface area contributed by atoms with Crippen molar-refractivity contribution < 1.29 is 9.59 Å². The number of nitrogens with one attached hydrogen (secondary N) is 1. The minimum Gasteiger partial charge on any atom is -0.348 e. The second-order valence-corrected chi connectivity index (χ2v) is 4.43. The molecule has 0 rings (SSSR count). The van der Waals surface area contributed by atoms with Gasteiger partial charge in [-0.2, -0.15) is 0 Å². The lowest BCUT2D eigenvalue weighted by Crippen LogP contribution is -2.43. The van der Waals surface area contributed by atoms with Crippen molar-refractivity contribution in [3.8, 4) is 0 Å². The van der Waals surface area contributed by atoms with Crippen LogP contribution in [0.5, 0.6) is 0 Å². The summed E-state index contributed by atoms with van der Waals surface area (Å²) in [6.45, 7) is 5.51. The van der Waals surface area contributed by atoms with E-state index in [4.69, 9.17) is 5.84 Å². The fourth-order valence-corrected chi connectivity index (χ4v) is 1.50. The number of rotatable bonds is 7. The SMILES string of the molecule is CCCN(CC(=O)N(C)C)CC(C)C(=O)NN. The van der Waals surface area contributed by atoms with Gasteiger partial charge < -0.3 is 4.90 Å². The quantitative estimate of drug-likeness (QED) is 0.356. The molecule has 0 spiro atoms. The van der Waals surface area contributed by atoms with Crippen LogP contribution < -0.4 is 11.3 Å². The van der Waals surface area contributed by atoms with Crippen molar-refractivity contribution in [1.82, 2.24) is 15.2 Å². The fourth-order valence-electron chi connectivity index (χ4n) is 1.50. The summed E-state index contributed by atoms with van der Waals surface area (Å²) in [6.07, 6.45) is 0.942. The molecule has 0 aromatic carbocycles. The van der Waals surface area contributed by atoms with Crippen LogP contribution in [0.1, 0.15) is 20.3 Å². The molecule has 1 unspecified atom stereocenters. The summed E-state index contributed by atoms with van der Waals surface area (Å²) < 4.78 is 0. The zero-order valence-electron chi connectivity index (χ0n) is 11.2. The second kappa shape index (κ2) is 8.03. The normalized spacial score (nSPS) is 12.4. The first kappa shape index (κ1) is 15.9. The molecule has 2 amide bonds. The molecule has 0 aliphatic carbocycles. The molecule has 100 valence electrons. The number of nitrogens with two attached hydrogens (primary N) is 1. The largest absolute Gasteiger partial charge is 0.348 e. The van der Waals surface area contributed by atoms with Crippen LogP contribution in [0, 0.1) is 5.92 Å². The number of nitrogens with zero attached hydrogens (tertiary/aromatic N) is 2. The zero-order chi connectivity index (χ0) is 13.4. The first-order valence-corrected chi connectivity index (χ1v) is 5.85. The summed E-state index contributed by atoms with van der Waals surface area (Å²) >= 11 is 0. The van der Waals surface area contributed by atoms with Crippen LogP contribution in [-0.4, -0.2) is 55.3 Å². The van der Waals surface area contributed by atoms with E-state index in [1.165, 1.54) is 0 Å². The molecular formula is C11H24N4O2. The van der Waals surface area contributed by atoms with Crippen LogP contribution in [0.25, 0.3) is 0 Å². The molecule has 0 aliphatic heterocycles. The van der Waals surface area contributed by atoms with E-state index in [2.05, 4.69) is 5.43 Å². The Bertz CT molecular complexity index is 256. The summed E-state index contributed by atoms with van der Waals surface area (Å²) in [5.41, 5.74) is 2.13. The van der Waals surface area contributed by atoms with E-state index in [0.29, 0.717) is 13.1 Å². The maximum Gasteiger partial charge on any atom is 0.237 e. The molecule has 0 aromatic heterocycles. The lowest BCUT2D eigenvalue weighted by atomic mass is 10.1. The fraction of sp³-hybridized carbons (Fsp3) is 0.818. The van der Waals surface area contributed by atoms with Crippen LogP contribution in [-0.2, 0) is 9.59 Å². The highest BCUT2D eigenvalue weighted by molar-refractivity contribution is 5.79. The van der Waals surface area contributed by atoms with Gasteiger partial charge in [0.2, 0.25) is 11.8 Å². The zero-order valence-corrected chi connectivity index (χ0v) is 11.2. The van der Waals surface area contributed by atoms with Gasteiger partial charge in [0.25, 0.3) is 0 Å². The first-order valence-electron chi connectivity index (χ1n) is 5.85. The molecule has 0 heterocycles. The Hall–Kier alpha value is -1.14. The molecule has 0 saturated heterocycles. The number of amides is 2. The van der Waals surface area contributed by atoms with Gasteiger partial charge in [0.15, 0.2) is 0 Å². The van der Waals surface area contributed by atoms with Crippen LogP contribution in [0.3, 0.4) is 0 Å². The van der Waals surface area contributed by atoms with Gasteiger partial charge in [0.05, 0.1) is 6.54 Å². The van der Waals surface area contributed by atoms with Crippen LogP contribution in [0.2, 0.25) is 0 Å². The number of hydrogen-bond acceptors (Lipinski definition) is 4. The minimum atomic E-state index is -0.221. The van der Waals surface area contributed by atoms with Gasteiger partial charge in [-0.15, -0.1) is 0 Å². The van der Waals surface area contributed by atoms with Gasteiger partial charge in [-0.3, -0.25) is 19.9 Å². The number of hydrazine groups is 1. The summed E-state index contributed by atoms with van der Waals surface area (Å²) in [7, 11) is 3.45. The topological polar surface area (TPSA) is 78.7 Å². The van der Waals surface area contributed by atoms with E-state index < -0.39 is 0 Å². The summed E-state index contributed by atoms with van der Waals surface area (Å²) in [4.78, 5) is 26.4. The standard InChI is InChI=1S/C11H24N4O2/c1-5-6-15(8-10(16)14(3)4)7-9(2)11(17)13-12/h9H,5-8,12H2,1-4H3,(H,13,17). The van der Waals surface area contributed by atoms with Crippen molar-refractivity contribution in [1.29, 1.82) is 0 Å². The second-order valence-electron chi connectivity index (χ2n) is 4.43. The monoisotopic (exact) mass is 244 g/mol. The van der Waals surface area contributed by atoms with Crippen molar-refractivity contribution in [2.45, 2.75) is 20.3 Å². The molecular weight excluding hydrogens is 220 g/mol. The Morgan fingerprint density at radius 1 is 1.35 bits per heavy atom. The van der Waals surface area contributed by atoms with Crippen molar-refractivity contribution >= 4 is 11.8 Å². The van der Waals surface area contributed by atoms with Crippen molar-refractivity contribution in [2.75, 3.05) is 33.7 Å². The maximum absolute atomic E-state index is 11.6. The van der Waals surface area contributed by atoms with Crippen LogP contribution in [0.4, 0.5) is 0 Å². The minimum absolute atomic E-state index is 0.0406. The molecule has 0 saturated carbocycles. The van der Waals surface area contributed by atoms with E-state index in [-0.39, 0.29) is 17.7 Å². The van der Waals surface area contributed by atoms with Gasteiger partial charge in [-0.25, -0.2) is 5.84 Å². The van der Waals surface area contributed by atoms with Gasteiger partial charge >= 0.3 is 0 Å². The van der Waals surface area contributed by atoms with E-state index in [0.717, 1.165) is 13.0 Å². The van der Waals surface area contributed by atoms with E-state index in [1.54, 1.807) is 25.9 Å². The number of hydrogen-bond donors (Lipinski definition) is 2. The average molecular weight is 244 g/mol. The highest BCUT2D eigenvalue weighted by atomic mass is 16.2. The van der Waals surface area contributed by atoms with Crippen molar-refractivity contribution in [3.05, 3.63) is 0 Å². The highest BCUT2D eigenvalue weighted by Crippen LogP contribution is 2.02. The molecule has 0 fully saturated rings. The number of carbonyl (C=O) groups excluding carboxylic acids is 2. The third-order valence-corrected chi connectivity index (χ3v) is 2.52. The Kier molecular flexibility index (Phi) is 7.49. The summed E-state index contributed by atoms with van der Waals surface area (Å²) in [5, 5.41) is 0. The molecule has 0 aliphatic rings.